The number of methoxy groups -OCH3 is 1. The minimum atomic E-state index is -0.0862. The number of hydrogen-bond acceptors (Lipinski definition) is 5. The molecule has 160 valence electrons. The summed E-state index contributed by atoms with van der Waals surface area (Å²) in [6, 6.07) is 18.9. The Bertz CT molecular complexity index is 1560. The largest absolute Gasteiger partial charge is 0.493 e. The summed E-state index contributed by atoms with van der Waals surface area (Å²) in [4.78, 5) is 18.3. The third-order valence-corrected chi connectivity index (χ3v) is 6.80. The van der Waals surface area contributed by atoms with Crippen LogP contribution in [-0.4, -0.2) is 16.5 Å². The first-order valence-electron chi connectivity index (χ1n) is 9.70. The summed E-state index contributed by atoms with van der Waals surface area (Å²) >= 11 is 10.9. The molecule has 2 heterocycles. The van der Waals surface area contributed by atoms with Gasteiger partial charge in [-0.05, 0) is 69.5 Å². The first-order chi connectivity index (χ1) is 15.5. The summed E-state index contributed by atoms with van der Waals surface area (Å²) in [5, 5.41) is 0.680. The number of para-hydroxylation sites is 2. The molecule has 0 radical (unpaired) electrons. The van der Waals surface area contributed by atoms with E-state index in [1.807, 2.05) is 66.7 Å². The van der Waals surface area contributed by atoms with Crippen LogP contribution in [0.4, 0.5) is 0 Å². The quantitative estimate of drug-likeness (QED) is 0.305. The van der Waals surface area contributed by atoms with E-state index in [0.29, 0.717) is 32.6 Å². The highest BCUT2D eigenvalue weighted by molar-refractivity contribution is 9.10. The van der Waals surface area contributed by atoms with Gasteiger partial charge in [0.05, 0.1) is 27.1 Å². The number of halogens is 2. The average Bonchev–Trinajstić information content (AvgIpc) is 3.30. The fourth-order valence-electron chi connectivity index (χ4n) is 3.46. The van der Waals surface area contributed by atoms with Crippen LogP contribution in [0.2, 0.25) is 5.02 Å². The SMILES string of the molecule is COc1cc(/C=c2\sc3nc4ccccc4n3c2=O)cc(Br)c1OCc1ccc(Cl)cc1. The second-order valence-corrected chi connectivity index (χ2v) is 9.38. The zero-order valence-corrected chi connectivity index (χ0v) is 20.0. The van der Waals surface area contributed by atoms with E-state index in [-0.39, 0.29) is 5.56 Å². The van der Waals surface area contributed by atoms with Gasteiger partial charge in [0, 0.05) is 5.02 Å². The number of thiazole rings is 1. The van der Waals surface area contributed by atoms with E-state index in [4.69, 9.17) is 21.1 Å². The van der Waals surface area contributed by atoms with Crippen molar-refractivity contribution in [3.05, 3.63) is 96.2 Å². The fourth-order valence-corrected chi connectivity index (χ4v) is 5.15. The average molecular weight is 528 g/mol. The van der Waals surface area contributed by atoms with Gasteiger partial charge in [-0.3, -0.25) is 4.79 Å². The van der Waals surface area contributed by atoms with Crippen molar-refractivity contribution in [1.29, 1.82) is 0 Å². The molecule has 0 spiro atoms. The van der Waals surface area contributed by atoms with Crippen molar-refractivity contribution in [3.8, 4) is 11.5 Å². The van der Waals surface area contributed by atoms with E-state index in [1.54, 1.807) is 11.5 Å². The molecule has 3 aromatic carbocycles. The third kappa shape index (κ3) is 3.88. The van der Waals surface area contributed by atoms with Crippen LogP contribution in [0.3, 0.4) is 0 Å². The molecular weight excluding hydrogens is 512 g/mol. The third-order valence-electron chi connectivity index (χ3n) is 4.99. The molecular formula is C24H16BrClN2O3S. The van der Waals surface area contributed by atoms with Gasteiger partial charge in [0.15, 0.2) is 16.5 Å². The maximum Gasteiger partial charge on any atom is 0.274 e. The lowest BCUT2D eigenvalue weighted by Gasteiger charge is -2.13. The topological polar surface area (TPSA) is 52.8 Å². The number of benzene rings is 3. The molecule has 2 aromatic heterocycles. The zero-order valence-electron chi connectivity index (χ0n) is 16.8. The number of imidazole rings is 1. The number of nitrogens with zero attached hydrogens (tertiary/aromatic N) is 2. The standard InChI is InChI=1S/C24H16BrClN2O3S/c1-30-20-11-15(10-17(25)22(20)31-13-14-6-8-16(26)9-7-14)12-21-23(29)28-19-5-3-2-4-18(19)27-24(28)32-21/h2-12H,13H2,1H3/b21-12-. The monoisotopic (exact) mass is 526 g/mol. The van der Waals surface area contributed by atoms with Gasteiger partial charge in [-0.15, -0.1) is 0 Å². The van der Waals surface area contributed by atoms with Gasteiger partial charge in [0.1, 0.15) is 6.61 Å². The Kier molecular flexibility index (Phi) is 5.63. The van der Waals surface area contributed by atoms with Gasteiger partial charge in [-0.1, -0.05) is 47.2 Å². The Labute approximate surface area is 200 Å². The van der Waals surface area contributed by atoms with E-state index in [9.17, 15) is 4.79 Å². The minimum Gasteiger partial charge on any atom is -0.493 e. The van der Waals surface area contributed by atoms with Crippen LogP contribution in [0.15, 0.2) is 69.9 Å². The molecule has 0 saturated carbocycles. The summed E-state index contributed by atoms with van der Waals surface area (Å²) in [7, 11) is 1.59. The number of hydrogen-bond donors (Lipinski definition) is 0. The molecule has 32 heavy (non-hydrogen) atoms. The van der Waals surface area contributed by atoms with E-state index >= 15 is 0 Å². The van der Waals surface area contributed by atoms with E-state index < -0.39 is 0 Å². The second kappa shape index (κ2) is 8.58. The molecule has 0 aliphatic heterocycles. The van der Waals surface area contributed by atoms with Crippen molar-refractivity contribution in [2.45, 2.75) is 6.61 Å². The smallest absolute Gasteiger partial charge is 0.274 e. The molecule has 0 aliphatic rings. The lowest BCUT2D eigenvalue weighted by atomic mass is 10.2. The summed E-state index contributed by atoms with van der Waals surface area (Å²) in [6.07, 6.45) is 1.84. The first kappa shape index (κ1) is 21.0. The minimum absolute atomic E-state index is 0.0862. The van der Waals surface area contributed by atoms with E-state index in [2.05, 4.69) is 20.9 Å². The summed E-state index contributed by atoms with van der Waals surface area (Å²) in [6.45, 7) is 0.370. The van der Waals surface area contributed by atoms with Crippen molar-refractivity contribution in [2.75, 3.05) is 7.11 Å². The summed E-state index contributed by atoms with van der Waals surface area (Å²) < 4.78 is 14.5. The lowest BCUT2D eigenvalue weighted by molar-refractivity contribution is 0.282. The van der Waals surface area contributed by atoms with Crippen LogP contribution in [0, 0.1) is 0 Å². The number of aromatic nitrogens is 2. The van der Waals surface area contributed by atoms with Gasteiger partial charge in [0.25, 0.3) is 5.56 Å². The normalized spacial score (nSPS) is 12.0. The Morgan fingerprint density at radius 1 is 1.16 bits per heavy atom. The van der Waals surface area contributed by atoms with E-state index in [0.717, 1.165) is 26.6 Å². The van der Waals surface area contributed by atoms with Crippen molar-refractivity contribution in [2.24, 2.45) is 0 Å². The number of ether oxygens (including phenoxy) is 2. The molecule has 0 bridgehead atoms. The molecule has 0 unspecified atom stereocenters. The molecule has 0 saturated heterocycles. The molecule has 0 aliphatic carbocycles. The Balaban J connectivity index is 1.51. The molecule has 8 heteroatoms. The lowest BCUT2D eigenvalue weighted by Crippen LogP contribution is -2.22. The molecule has 0 amide bonds. The predicted octanol–water partition coefficient (Wildman–Crippen LogP) is 5.46. The summed E-state index contributed by atoms with van der Waals surface area (Å²) in [5.41, 5.74) is 3.35. The number of rotatable bonds is 5. The molecule has 0 N–H and O–H groups in total. The highest BCUT2D eigenvalue weighted by Gasteiger charge is 2.14. The Hall–Kier alpha value is -2.87. The van der Waals surface area contributed by atoms with Gasteiger partial charge in [-0.2, -0.15) is 0 Å². The highest BCUT2D eigenvalue weighted by Crippen LogP contribution is 2.37. The van der Waals surface area contributed by atoms with Crippen molar-refractivity contribution in [3.63, 3.8) is 0 Å². The van der Waals surface area contributed by atoms with Crippen molar-refractivity contribution in [1.82, 2.24) is 9.38 Å². The molecule has 5 aromatic rings. The Morgan fingerprint density at radius 3 is 2.72 bits per heavy atom. The number of fused-ring (bicyclic) bond motifs is 3. The van der Waals surface area contributed by atoms with Crippen LogP contribution in [-0.2, 0) is 6.61 Å². The molecule has 5 rings (SSSR count). The van der Waals surface area contributed by atoms with Gasteiger partial charge < -0.3 is 9.47 Å². The van der Waals surface area contributed by atoms with Crippen molar-refractivity contribution >= 4 is 60.9 Å². The van der Waals surface area contributed by atoms with Gasteiger partial charge >= 0.3 is 0 Å². The molecule has 0 fully saturated rings. The first-order valence-corrected chi connectivity index (χ1v) is 11.7. The van der Waals surface area contributed by atoms with Gasteiger partial charge in [-0.25, -0.2) is 9.38 Å². The van der Waals surface area contributed by atoms with E-state index in [1.165, 1.54) is 11.3 Å². The molecule has 5 nitrogen and oxygen atoms in total. The van der Waals surface area contributed by atoms with Crippen LogP contribution >= 0.6 is 38.9 Å². The zero-order chi connectivity index (χ0) is 22.2. The summed E-state index contributed by atoms with van der Waals surface area (Å²) in [5.74, 6) is 1.16. The predicted molar refractivity (Wildman–Crippen MR) is 132 cm³/mol. The van der Waals surface area contributed by atoms with Crippen LogP contribution in [0.1, 0.15) is 11.1 Å². The maximum atomic E-state index is 13.0. The van der Waals surface area contributed by atoms with Crippen LogP contribution in [0.5, 0.6) is 11.5 Å². The van der Waals surface area contributed by atoms with Gasteiger partial charge in [0.2, 0.25) is 0 Å². The van der Waals surface area contributed by atoms with Crippen LogP contribution in [0.25, 0.3) is 22.1 Å². The highest BCUT2D eigenvalue weighted by atomic mass is 79.9. The van der Waals surface area contributed by atoms with Crippen LogP contribution < -0.4 is 19.6 Å². The fraction of sp³-hybridized carbons (Fsp3) is 0.0833. The second-order valence-electron chi connectivity index (χ2n) is 7.08. The Morgan fingerprint density at radius 2 is 1.94 bits per heavy atom. The molecule has 0 atom stereocenters. The maximum absolute atomic E-state index is 13.0. The van der Waals surface area contributed by atoms with Crippen molar-refractivity contribution < 1.29 is 9.47 Å².